The molecule has 112 valence electrons. The minimum atomic E-state index is -1.34. The predicted octanol–water partition coefficient (Wildman–Crippen LogP) is 0.369. The summed E-state index contributed by atoms with van der Waals surface area (Å²) in [5.41, 5.74) is 4.48. The lowest BCUT2D eigenvalue weighted by atomic mass is 10.1. The minimum absolute atomic E-state index is 0.118. The van der Waals surface area contributed by atoms with Crippen LogP contribution < -0.4 is 5.73 Å². The van der Waals surface area contributed by atoms with Crippen molar-refractivity contribution in [2.45, 2.75) is 0 Å². The summed E-state index contributed by atoms with van der Waals surface area (Å²) < 4.78 is 0.170. The van der Waals surface area contributed by atoms with Gasteiger partial charge >= 0.3 is 5.97 Å². The van der Waals surface area contributed by atoms with E-state index in [1.54, 1.807) is 0 Å². The minimum Gasteiger partial charge on any atom is -0.480 e. The highest BCUT2D eigenvalue weighted by atomic mass is 79.9. The molecule has 3 N–H and O–H groups in total. The second-order valence-electron chi connectivity index (χ2n) is 3.94. The monoisotopic (exact) mass is 359 g/mol. The molecule has 0 heterocycles. The van der Waals surface area contributed by atoms with Crippen molar-refractivity contribution in [2.75, 3.05) is 13.1 Å². The Morgan fingerprint density at radius 1 is 1.33 bits per heavy atom. The zero-order valence-electron chi connectivity index (χ0n) is 10.5. The van der Waals surface area contributed by atoms with Gasteiger partial charge in [0.25, 0.3) is 11.6 Å². The Morgan fingerprint density at radius 2 is 1.95 bits per heavy atom. The van der Waals surface area contributed by atoms with Gasteiger partial charge in [-0.25, -0.2) is 0 Å². The van der Waals surface area contributed by atoms with Crippen LogP contribution in [-0.2, 0) is 9.59 Å². The largest absolute Gasteiger partial charge is 0.480 e. The van der Waals surface area contributed by atoms with E-state index in [2.05, 4.69) is 15.9 Å². The van der Waals surface area contributed by atoms with Crippen LogP contribution in [0.4, 0.5) is 5.69 Å². The highest BCUT2D eigenvalue weighted by Crippen LogP contribution is 2.26. The molecule has 0 aliphatic rings. The lowest BCUT2D eigenvalue weighted by molar-refractivity contribution is -0.385. The molecule has 10 heteroatoms. The molecule has 0 bridgehead atoms. The summed E-state index contributed by atoms with van der Waals surface area (Å²) in [6.45, 7) is -1.35. The molecule has 0 radical (unpaired) electrons. The molecule has 1 aromatic carbocycles. The van der Waals surface area contributed by atoms with E-state index in [4.69, 9.17) is 10.8 Å². The first kappa shape index (κ1) is 16.6. The number of primary amides is 1. The summed E-state index contributed by atoms with van der Waals surface area (Å²) in [5.74, 6) is -3.07. The van der Waals surface area contributed by atoms with Gasteiger partial charge in [-0.3, -0.25) is 24.5 Å². The van der Waals surface area contributed by atoms with Gasteiger partial charge in [0.15, 0.2) is 0 Å². The molecule has 0 unspecified atom stereocenters. The molecule has 21 heavy (non-hydrogen) atoms. The van der Waals surface area contributed by atoms with Gasteiger partial charge in [-0.2, -0.15) is 0 Å². The standard InChI is InChI=1S/C11H10BrN3O6/c12-7-2-1-6(3-8(7)15(20)21)11(19)14(4-9(13)16)5-10(17)18/h1-3H,4-5H2,(H2,13,16)(H,17,18). The number of carbonyl (C=O) groups excluding carboxylic acids is 2. The molecule has 0 fully saturated rings. The number of amides is 2. The SMILES string of the molecule is NC(=O)CN(CC(=O)O)C(=O)c1ccc(Br)c([N+](=O)[O-])c1. The van der Waals surface area contributed by atoms with E-state index in [0.717, 1.165) is 6.07 Å². The third kappa shape index (κ3) is 4.53. The Hall–Kier alpha value is -2.49. The maximum atomic E-state index is 12.1. The Morgan fingerprint density at radius 3 is 2.43 bits per heavy atom. The van der Waals surface area contributed by atoms with E-state index in [1.165, 1.54) is 12.1 Å². The number of nitro groups is 1. The van der Waals surface area contributed by atoms with Gasteiger partial charge in [-0.15, -0.1) is 0 Å². The maximum Gasteiger partial charge on any atom is 0.323 e. The molecule has 0 spiro atoms. The molecular formula is C11H10BrN3O6. The van der Waals surface area contributed by atoms with Gasteiger partial charge in [0, 0.05) is 11.6 Å². The van der Waals surface area contributed by atoms with E-state index < -0.39 is 35.8 Å². The topological polar surface area (TPSA) is 144 Å². The number of benzene rings is 1. The quantitative estimate of drug-likeness (QED) is 0.554. The van der Waals surface area contributed by atoms with Crippen LogP contribution in [0.3, 0.4) is 0 Å². The molecule has 2 amide bonds. The van der Waals surface area contributed by atoms with Crippen molar-refractivity contribution in [2.24, 2.45) is 5.73 Å². The zero-order valence-corrected chi connectivity index (χ0v) is 12.1. The highest BCUT2D eigenvalue weighted by Gasteiger charge is 2.23. The van der Waals surface area contributed by atoms with Crippen molar-refractivity contribution in [3.8, 4) is 0 Å². The van der Waals surface area contributed by atoms with Gasteiger partial charge in [0.05, 0.1) is 9.40 Å². The number of rotatable bonds is 6. The fourth-order valence-corrected chi connectivity index (χ4v) is 1.91. The van der Waals surface area contributed by atoms with Gasteiger partial charge < -0.3 is 15.7 Å². The van der Waals surface area contributed by atoms with E-state index in [1.807, 2.05) is 0 Å². The van der Waals surface area contributed by atoms with Crippen LogP contribution >= 0.6 is 15.9 Å². The summed E-state index contributed by atoms with van der Waals surface area (Å²) in [6, 6.07) is 3.55. The molecular weight excluding hydrogens is 350 g/mol. The van der Waals surface area contributed by atoms with Gasteiger partial charge in [-0.1, -0.05) is 0 Å². The Balaban J connectivity index is 3.13. The van der Waals surface area contributed by atoms with Crippen molar-refractivity contribution in [3.63, 3.8) is 0 Å². The Kier molecular flexibility index (Phi) is 5.36. The fraction of sp³-hybridized carbons (Fsp3) is 0.182. The Bertz CT molecular complexity index is 602. The van der Waals surface area contributed by atoms with Crippen LogP contribution in [0.5, 0.6) is 0 Å². The second kappa shape index (κ2) is 6.79. The number of halogens is 1. The average Bonchev–Trinajstić information content (AvgIpc) is 2.36. The number of carboxylic acids is 1. The molecule has 0 saturated carbocycles. The number of nitrogens with two attached hydrogens (primary N) is 1. The average molecular weight is 360 g/mol. The summed E-state index contributed by atoms with van der Waals surface area (Å²) in [5, 5.41) is 19.5. The van der Waals surface area contributed by atoms with E-state index >= 15 is 0 Å². The fourth-order valence-electron chi connectivity index (χ4n) is 1.52. The van der Waals surface area contributed by atoms with Crippen molar-refractivity contribution in [1.82, 2.24) is 4.90 Å². The van der Waals surface area contributed by atoms with Crippen LogP contribution in [-0.4, -0.2) is 45.8 Å². The zero-order chi connectivity index (χ0) is 16.2. The lowest BCUT2D eigenvalue weighted by Gasteiger charge is -2.18. The van der Waals surface area contributed by atoms with Crippen molar-refractivity contribution in [3.05, 3.63) is 38.3 Å². The molecule has 0 atom stereocenters. The van der Waals surface area contributed by atoms with Crippen molar-refractivity contribution in [1.29, 1.82) is 0 Å². The van der Waals surface area contributed by atoms with Gasteiger partial charge in [0.2, 0.25) is 5.91 Å². The predicted molar refractivity (Wildman–Crippen MR) is 73.5 cm³/mol. The molecule has 0 aliphatic carbocycles. The molecule has 1 aromatic rings. The smallest absolute Gasteiger partial charge is 0.323 e. The number of carbonyl (C=O) groups is 3. The van der Waals surface area contributed by atoms with Crippen LogP contribution in [0, 0.1) is 10.1 Å². The van der Waals surface area contributed by atoms with Crippen molar-refractivity contribution < 1.29 is 24.4 Å². The first-order valence-electron chi connectivity index (χ1n) is 5.45. The summed E-state index contributed by atoms with van der Waals surface area (Å²) >= 11 is 2.96. The van der Waals surface area contributed by atoms with Crippen LogP contribution in [0.15, 0.2) is 22.7 Å². The molecule has 0 aliphatic heterocycles. The van der Waals surface area contributed by atoms with Crippen LogP contribution in [0.2, 0.25) is 0 Å². The molecule has 0 aromatic heterocycles. The van der Waals surface area contributed by atoms with Crippen LogP contribution in [0.1, 0.15) is 10.4 Å². The molecule has 9 nitrogen and oxygen atoms in total. The normalized spacial score (nSPS) is 9.95. The third-order valence-electron chi connectivity index (χ3n) is 2.35. The number of hydrogen-bond acceptors (Lipinski definition) is 5. The Labute approximate surface area is 126 Å². The van der Waals surface area contributed by atoms with Crippen LogP contribution in [0.25, 0.3) is 0 Å². The summed E-state index contributed by atoms with van der Waals surface area (Å²) in [6.07, 6.45) is 0. The number of carboxylic acid groups (broad SMARTS) is 1. The second-order valence-corrected chi connectivity index (χ2v) is 4.80. The lowest BCUT2D eigenvalue weighted by Crippen LogP contribution is -2.41. The molecule has 0 saturated heterocycles. The van der Waals surface area contributed by atoms with Crippen molar-refractivity contribution >= 4 is 39.4 Å². The highest BCUT2D eigenvalue weighted by molar-refractivity contribution is 9.10. The first-order valence-corrected chi connectivity index (χ1v) is 6.25. The number of nitro benzene ring substituents is 1. The number of aliphatic carboxylic acids is 1. The number of hydrogen-bond donors (Lipinski definition) is 2. The van der Waals surface area contributed by atoms with Gasteiger partial charge in [0.1, 0.15) is 13.1 Å². The number of nitrogens with zero attached hydrogens (tertiary/aromatic N) is 2. The first-order chi connectivity index (χ1) is 9.72. The third-order valence-corrected chi connectivity index (χ3v) is 3.02. The maximum absolute atomic E-state index is 12.1. The summed E-state index contributed by atoms with van der Waals surface area (Å²) in [7, 11) is 0. The van der Waals surface area contributed by atoms with E-state index in [-0.39, 0.29) is 15.7 Å². The molecule has 1 rings (SSSR count). The van der Waals surface area contributed by atoms with E-state index in [9.17, 15) is 24.5 Å². The van der Waals surface area contributed by atoms with Gasteiger partial charge in [-0.05, 0) is 28.1 Å². The summed E-state index contributed by atoms with van der Waals surface area (Å²) in [4.78, 5) is 44.5. The van der Waals surface area contributed by atoms with E-state index in [0.29, 0.717) is 4.90 Å².